The van der Waals surface area contributed by atoms with Crippen LogP contribution in [-0.4, -0.2) is 30.9 Å². The number of rotatable bonds is 4. The van der Waals surface area contributed by atoms with Crippen LogP contribution < -0.4 is 4.72 Å². The third-order valence-electron chi connectivity index (χ3n) is 2.80. The molecular weight excluding hydrogens is 238 g/mol. The minimum Gasteiger partial charge on any atom is -0.389 e. The topological polar surface area (TPSA) is 66.4 Å². The van der Waals surface area contributed by atoms with E-state index in [9.17, 15) is 13.5 Å². The Hall–Kier alpha value is 0.160. The van der Waals surface area contributed by atoms with Crippen LogP contribution >= 0.6 is 11.6 Å². The SMILES string of the molecule is O=S(=O)(CCl)NCC1(O)CCCCCC1. The summed E-state index contributed by atoms with van der Waals surface area (Å²) in [5.74, 6) is 0. The molecular formula is C9H18ClNO3S. The first-order valence-electron chi connectivity index (χ1n) is 5.23. The molecule has 0 unspecified atom stereocenters. The first-order chi connectivity index (χ1) is 6.97. The first-order valence-corrected chi connectivity index (χ1v) is 7.42. The molecule has 0 spiro atoms. The van der Waals surface area contributed by atoms with Gasteiger partial charge >= 0.3 is 0 Å². The second-order valence-corrected chi connectivity index (χ2v) is 6.57. The van der Waals surface area contributed by atoms with Crippen molar-refractivity contribution in [2.45, 2.75) is 44.1 Å². The zero-order chi connectivity index (χ0) is 11.4. The Balaban J connectivity index is 2.48. The standard InChI is InChI=1S/C9H18ClNO3S/c10-8-15(13,14)11-7-9(12)5-3-1-2-4-6-9/h11-12H,1-8H2. The van der Waals surface area contributed by atoms with E-state index in [-0.39, 0.29) is 6.54 Å². The van der Waals surface area contributed by atoms with Gasteiger partial charge in [-0.05, 0) is 12.8 Å². The lowest BCUT2D eigenvalue weighted by atomic mass is 9.95. The molecule has 0 atom stereocenters. The molecule has 4 nitrogen and oxygen atoms in total. The van der Waals surface area contributed by atoms with Crippen molar-refractivity contribution in [2.75, 3.05) is 11.8 Å². The maximum absolute atomic E-state index is 11.1. The predicted octanol–water partition coefficient (Wildman–Crippen LogP) is 1.19. The van der Waals surface area contributed by atoms with Crippen LogP contribution in [0.25, 0.3) is 0 Å². The molecule has 15 heavy (non-hydrogen) atoms. The van der Waals surface area contributed by atoms with Crippen LogP contribution in [-0.2, 0) is 10.0 Å². The Morgan fingerprint density at radius 2 is 1.73 bits per heavy atom. The second-order valence-electron chi connectivity index (χ2n) is 4.18. The van der Waals surface area contributed by atoms with Gasteiger partial charge in [0.2, 0.25) is 10.0 Å². The highest BCUT2D eigenvalue weighted by Crippen LogP contribution is 2.26. The summed E-state index contributed by atoms with van der Waals surface area (Å²) in [5, 5.41) is 9.68. The molecule has 1 aliphatic rings. The maximum Gasteiger partial charge on any atom is 0.225 e. The largest absolute Gasteiger partial charge is 0.389 e. The van der Waals surface area contributed by atoms with Crippen molar-refractivity contribution in [3.8, 4) is 0 Å². The van der Waals surface area contributed by atoms with Gasteiger partial charge in [-0.25, -0.2) is 13.1 Å². The second kappa shape index (κ2) is 5.48. The Kier molecular flexibility index (Phi) is 4.83. The van der Waals surface area contributed by atoms with Gasteiger partial charge in [-0.2, -0.15) is 0 Å². The fourth-order valence-corrected chi connectivity index (χ4v) is 2.64. The van der Waals surface area contributed by atoms with Gasteiger partial charge in [0.15, 0.2) is 0 Å². The number of sulfonamides is 1. The number of aliphatic hydroxyl groups is 1. The van der Waals surface area contributed by atoms with Gasteiger partial charge in [0.1, 0.15) is 5.21 Å². The predicted molar refractivity (Wildman–Crippen MR) is 60.3 cm³/mol. The molecule has 0 aliphatic heterocycles. The molecule has 1 rings (SSSR count). The van der Waals surface area contributed by atoms with Crippen LogP contribution in [0.3, 0.4) is 0 Å². The Morgan fingerprint density at radius 3 is 2.20 bits per heavy atom. The summed E-state index contributed by atoms with van der Waals surface area (Å²) in [4.78, 5) is 0. The number of hydrogen-bond acceptors (Lipinski definition) is 3. The lowest BCUT2D eigenvalue weighted by Crippen LogP contribution is -2.42. The summed E-state index contributed by atoms with van der Waals surface area (Å²) < 4.78 is 24.6. The molecule has 0 aromatic carbocycles. The summed E-state index contributed by atoms with van der Waals surface area (Å²) in [6.07, 6.45) is 5.48. The molecule has 0 amide bonds. The fourth-order valence-electron chi connectivity index (χ4n) is 1.85. The molecule has 0 aromatic heterocycles. The molecule has 1 aliphatic carbocycles. The smallest absolute Gasteiger partial charge is 0.225 e. The van der Waals surface area contributed by atoms with Crippen molar-refractivity contribution < 1.29 is 13.5 Å². The Bertz CT molecular complexity index is 284. The molecule has 1 fully saturated rings. The van der Waals surface area contributed by atoms with Crippen LogP contribution in [0.15, 0.2) is 0 Å². The van der Waals surface area contributed by atoms with E-state index in [0.717, 1.165) is 25.7 Å². The van der Waals surface area contributed by atoms with Crippen LogP contribution in [0.5, 0.6) is 0 Å². The van der Waals surface area contributed by atoms with Crippen molar-refractivity contribution in [2.24, 2.45) is 0 Å². The van der Waals surface area contributed by atoms with Gasteiger partial charge in [0, 0.05) is 6.54 Å². The number of halogens is 1. The van der Waals surface area contributed by atoms with E-state index in [1.165, 1.54) is 0 Å². The molecule has 0 aromatic rings. The molecule has 0 bridgehead atoms. The third kappa shape index (κ3) is 4.68. The number of hydrogen-bond donors (Lipinski definition) is 2. The molecule has 0 radical (unpaired) electrons. The van der Waals surface area contributed by atoms with Crippen molar-refractivity contribution >= 4 is 21.6 Å². The average molecular weight is 256 g/mol. The van der Waals surface area contributed by atoms with Crippen molar-refractivity contribution in [1.82, 2.24) is 4.72 Å². The minimum absolute atomic E-state index is 0.0854. The van der Waals surface area contributed by atoms with Crippen molar-refractivity contribution in [1.29, 1.82) is 0 Å². The average Bonchev–Trinajstić information content (AvgIpc) is 2.42. The van der Waals surface area contributed by atoms with E-state index >= 15 is 0 Å². The molecule has 1 saturated carbocycles. The van der Waals surface area contributed by atoms with Gasteiger partial charge in [0.25, 0.3) is 0 Å². The first kappa shape index (κ1) is 13.2. The molecule has 90 valence electrons. The van der Waals surface area contributed by atoms with E-state index in [1.807, 2.05) is 0 Å². The van der Waals surface area contributed by atoms with Crippen LogP contribution in [0.1, 0.15) is 38.5 Å². The van der Waals surface area contributed by atoms with E-state index in [1.54, 1.807) is 0 Å². The van der Waals surface area contributed by atoms with E-state index in [2.05, 4.69) is 4.72 Å². The van der Waals surface area contributed by atoms with Gasteiger partial charge < -0.3 is 5.11 Å². The maximum atomic E-state index is 11.1. The third-order valence-corrected chi connectivity index (χ3v) is 4.53. The van der Waals surface area contributed by atoms with Crippen LogP contribution in [0.4, 0.5) is 0 Å². The Morgan fingerprint density at radius 1 is 1.20 bits per heavy atom. The van der Waals surface area contributed by atoms with Crippen molar-refractivity contribution in [3.05, 3.63) is 0 Å². The normalized spacial score (nSPS) is 22.3. The van der Waals surface area contributed by atoms with Crippen LogP contribution in [0.2, 0.25) is 0 Å². The molecule has 0 saturated heterocycles. The van der Waals surface area contributed by atoms with Gasteiger partial charge in [-0.3, -0.25) is 0 Å². The van der Waals surface area contributed by atoms with E-state index in [4.69, 9.17) is 11.6 Å². The summed E-state index contributed by atoms with van der Waals surface area (Å²) >= 11 is 5.26. The zero-order valence-electron chi connectivity index (χ0n) is 8.71. The summed E-state index contributed by atoms with van der Waals surface area (Å²) in [5.41, 5.74) is -0.879. The van der Waals surface area contributed by atoms with Gasteiger partial charge in [0.05, 0.1) is 5.60 Å². The van der Waals surface area contributed by atoms with Gasteiger partial charge in [-0.1, -0.05) is 25.7 Å². The quantitative estimate of drug-likeness (QED) is 0.586. The lowest BCUT2D eigenvalue weighted by Gasteiger charge is -2.26. The highest BCUT2D eigenvalue weighted by atomic mass is 35.5. The monoisotopic (exact) mass is 255 g/mol. The summed E-state index contributed by atoms with van der Waals surface area (Å²) in [7, 11) is -3.41. The lowest BCUT2D eigenvalue weighted by molar-refractivity contribution is 0.0303. The van der Waals surface area contributed by atoms with Crippen molar-refractivity contribution in [3.63, 3.8) is 0 Å². The Labute approximate surface area is 96.1 Å². The molecule has 6 heteroatoms. The summed E-state index contributed by atoms with van der Waals surface area (Å²) in [6, 6.07) is 0. The minimum atomic E-state index is -3.41. The highest BCUT2D eigenvalue weighted by molar-refractivity contribution is 7.90. The zero-order valence-corrected chi connectivity index (χ0v) is 10.3. The summed E-state index contributed by atoms with van der Waals surface area (Å²) in [6.45, 7) is 0.0854. The highest BCUT2D eigenvalue weighted by Gasteiger charge is 2.29. The molecule has 0 heterocycles. The van der Waals surface area contributed by atoms with Gasteiger partial charge in [-0.15, -0.1) is 11.6 Å². The van der Waals surface area contributed by atoms with Crippen LogP contribution in [0, 0.1) is 0 Å². The number of alkyl halides is 1. The number of nitrogens with one attached hydrogen (secondary N) is 1. The van der Waals surface area contributed by atoms with E-state index in [0.29, 0.717) is 12.8 Å². The van der Waals surface area contributed by atoms with E-state index < -0.39 is 20.8 Å². The fraction of sp³-hybridized carbons (Fsp3) is 1.00. The molecule has 2 N–H and O–H groups in total.